The molecule has 0 aliphatic heterocycles. The summed E-state index contributed by atoms with van der Waals surface area (Å²) >= 11 is 1.23. The highest BCUT2D eigenvalue weighted by molar-refractivity contribution is 8.00. The number of aromatic nitrogens is 5. The second-order valence-corrected chi connectivity index (χ2v) is 8.47. The molecule has 4 N–H and O–H groups in total. The summed E-state index contributed by atoms with van der Waals surface area (Å²) in [5.41, 5.74) is 7.16. The molecule has 1 unspecified atom stereocenters. The molecule has 0 saturated heterocycles. The van der Waals surface area contributed by atoms with E-state index in [4.69, 9.17) is 10.8 Å². The van der Waals surface area contributed by atoms with E-state index in [0.717, 1.165) is 11.4 Å². The van der Waals surface area contributed by atoms with Crippen molar-refractivity contribution in [2.75, 3.05) is 11.1 Å². The Bertz CT molecular complexity index is 927. The number of carbonyl (C=O) groups is 1. The molecule has 27 heavy (non-hydrogen) atoms. The molecule has 3 rings (SSSR count). The van der Waals surface area contributed by atoms with Crippen LogP contribution in [-0.2, 0) is 10.2 Å². The fourth-order valence-corrected chi connectivity index (χ4v) is 3.08. The van der Waals surface area contributed by atoms with Crippen molar-refractivity contribution in [2.45, 2.75) is 43.5 Å². The minimum atomic E-state index is -0.405. The summed E-state index contributed by atoms with van der Waals surface area (Å²) in [4.78, 5) is 16.7. The lowest BCUT2D eigenvalue weighted by molar-refractivity contribution is -0.115. The van der Waals surface area contributed by atoms with Gasteiger partial charge >= 0.3 is 0 Å². The molecule has 0 fully saturated rings. The van der Waals surface area contributed by atoms with Gasteiger partial charge in [0.25, 0.3) is 0 Å². The Hall–Kier alpha value is -2.81. The van der Waals surface area contributed by atoms with E-state index >= 15 is 0 Å². The van der Waals surface area contributed by atoms with Gasteiger partial charge in [0.2, 0.25) is 17.0 Å². The normalized spacial score (nSPS) is 12.7. The predicted octanol–water partition coefficient (Wildman–Crippen LogP) is 2.99. The van der Waals surface area contributed by atoms with E-state index in [2.05, 4.69) is 41.3 Å². The van der Waals surface area contributed by atoms with Crippen molar-refractivity contribution in [3.05, 3.63) is 42.1 Å². The lowest BCUT2D eigenvalue weighted by atomic mass is 9.92. The second kappa shape index (κ2) is 7.43. The highest BCUT2D eigenvalue weighted by Crippen LogP contribution is 2.27. The molecular weight excluding hydrogens is 362 g/mol. The maximum absolute atomic E-state index is 12.7. The van der Waals surface area contributed by atoms with Gasteiger partial charge in [0, 0.05) is 11.5 Å². The summed E-state index contributed by atoms with van der Waals surface area (Å²) in [5, 5.41) is 14.2. The van der Waals surface area contributed by atoms with Crippen LogP contribution in [0.4, 0.5) is 11.8 Å². The molecule has 0 bridgehead atoms. The monoisotopic (exact) mass is 385 g/mol. The Kier molecular flexibility index (Phi) is 5.22. The van der Waals surface area contributed by atoms with Crippen LogP contribution in [0.5, 0.6) is 0 Å². The summed E-state index contributed by atoms with van der Waals surface area (Å²) < 4.78 is 1.75. The van der Waals surface area contributed by atoms with E-state index in [0.29, 0.717) is 11.0 Å². The van der Waals surface area contributed by atoms with Crippen molar-refractivity contribution in [1.82, 2.24) is 25.0 Å². The van der Waals surface area contributed by atoms with Crippen molar-refractivity contribution in [2.24, 2.45) is 0 Å². The molecule has 0 saturated carbocycles. The molecule has 2 aromatic heterocycles. The van der Waals surface area contributed by atoms with Crippen molar-refractivity contribution in [1.29, 1.82) is 0 Å². The second-order valence-electron chi connectivity index (χ2n) is 7.16. The number of nitrogen functional groups attached to an aromatic ring is 1. The van der Waals surface area contributed by atoms with Crippen LogP contribution in [-0.4, -0.2) is 36.1 Å². The molecule has 1 amide bonds. The number of nitrogens with two attached hydrogens (primary N) is 1. The molecule has 0 radical (unpaired) electrons. The fraction of sp³-hybridized carbons (Fsp3) is 0.333. The maximum atomic E-state index is 12.7. The molecule has 9 heteroatoms. The van der Waals surface area contributed by atoms with Crippen molar-refractivity contribution >= 4 is 29.4 Å². The first-order valence-electron chi connectivity index (χ1n) is 8.55. The van der Waals surface area contributed by atoms with Gasteiger partial charge in [-0.3, -0.25) is 4.79 Å². The molecular formula is C18H23N7OS. The number of hydrogen-bond donors (Lipinski definition) is 3. The number of aromatic amines is 1. The number of nitrogens with zero attached hydrogens (tertiary/aromatic N) is 4. The van der Waals surface area contributed by atoms with Gasteiger partial charge in [-0.25, -0.2) is 9.78 Å². The van der Waals surface area contributed by atoms with E-state index in [9.17, 15) is 4.79 Å². The van der Waals surface area contributed by atoms with E-state index in [1.54, 1.807) is 11.6 Å². The van der Waals surface area contributed by atoms with Crippen LogP contribution in [0.2, 0.25) is 0 Å². The van der Waals surface area contributed by atoms with E-state index < -0.39 is 5.25 Å². The largest absolute Gasteiger partial charge is 0.368 e. The number of benzene rings is 1. The number of nitrogens with one attached hydrogen (secondary N) is 2. The summed E-state index contributed by atoms with van der Waals surface area (Å²) in [6, 6.07) is 11.6. The number of para-hydroxylation sites is 1. The number of carbonyl (C=O) groups excluding carboxylic acids is 1. The Morgan fingerprint density at radius 3 is 2.59 bits per heavy atom. The topological polar surface area (TPSA) is 115 Å². The molecule has 0 spiro atoms. The lowest BCUT2D eigenvalue weighted by Crippen LogP contribution is -2.24. The zero-order valence-electron chi connectivity index (χ0n) is 15.7. The van der Waals surface area contributed by atoms with Gasteiger partial charge in [0.05, 0.1) is 16.6 Å². The molecule has 1 atom stereocenters. The van der Waals surface area contributed by atoms with Crippen LogP contribution in [0.3, 0.4) is 0 Å². The third kappa shape index (κ3) is 4.48. The average Bonchev–Trinajstić information content (AvgIpc) is 3.21. The number of rotatable bonds is 5. The minimum Gasteiger partial charge on any atom is -0.368 e. The summed E-state index contributed by atoms with van der Waals surface area (Å²) in [7, 11) is 0. The van der Waals surface area contributed by atoms with Crippen LogP contribution >= 0.6 is 11.8 Å². The smallest absolute Gasteiger partial charge is 0.238 e. The third-order valence-electron chi connectivity index (χ3n) is 3.86. The van der Waals surface area contributed by atoms with Gasteiger partial charge in [-0.1, -0.05) is 50.7 Å². The van der Waals surface area contributed by atoms with Crippen molar-refractivity contribution in [3.63, 3.8) is 0 Å². The molecule has 8 nitrogen and oxygen atoms in total. The molecule has 2 heterocycles. The Morgan fingerprint density at radius 2 is 2.00 bits per heavy atom. The highest BCUT2D eigenvalue weighted by Gasteiger charge is 2.23. The van der Waals surface area contributed by atoms with Crippen LogP contribution in [0, 0.1) is 0 Å². The number of amides is 1. The third-order valence-corrected chi connectivity index (χ3v) is 4.82. The zero-order chi connectivity index (χ0) is 19.6. The van der Waals surface area contributed by atoms with E-state index in [1.165, 1.54) is 11.8 Å². The predicted molar refractivity (Wildman–Crippen MR) is 107 cm³/mol. The first-order valence-corrected chi connectivity index (χ1v) is 9.43. The SMILES string of the molecule is CC(Sc1n[nH]c(N)n1)C(=O)Nc1cc(C(C)(C)C)nn1-c1ccccc1. The summed E-state index contributed by atoms with van der Waals surface area (Å²) in [6.45, 7) is 8.05. The average molecular weight is 385 g/mol. The highest BCUT2D eigenvalue weighted by atomic mass is 32.2. The maximum Gasteiger partial charge on any atom is 0.238 e. The Labute approximate surface area is 161 Å². The van der Waals surface area contributed by atoms with Crippen LogP contribution < -0.4 is 11.1 Å². The lowest BCUT2D eigenvalue weighted by Gasteiger charge is -2.14. The van der Waals surface area contributed by atoms with Gasteiger partial charge in [-0.05, 0) is 19.1 Å². The number of thioether (sulfide) groups is 1. The number of H-pyrrole nitrogens is 1. The minimum absolute atomic E-state index is 0.142. The van der Waals surface area contributed by atoms with Crippen molar-refractivity contribution < 1.29 is 4.79 Å². The van der Waals surface area contributed by atoms with E-state index in [1.807, 2.05) is 36.4 Å². The van der Waals surface area contributed by atoms with Gasteiger partial charge in [0.1, 0.15) is 5.82 Å². The Balaban J connectivity index is 1.84. The quantitative estimate of drug-likeness (QED) is 0.582. The molecule has 1 aromatic carbocycles. The Morgan fingerprint density at radius 1 is 1.30 bits per heavy atom. The van der Waals surface area contributed by atoms with Crippen LogP contribution in [0.25, 0.3) is 5.69 Å². The molecule has 142 valence electrons. The van der Waals surface area contributed by atoms with Gasteiger partial charge in [-0.2, -0.15) is 10.1 Å². The van der Waals surface area contributed by atoms with Crippen LogP contribution in [0.1, 0.15) is 33.4 Å². The van der Waals surface area contributed by atoms with Crippen molar-refractivity contribution in [3.8, 4) is 5.69 Å². The number of hydrogen-bond acceptors (Lipinski definition) is 6. The molecule has 0 aliphatic carbocycles. The molecule has 0 aliphatic rings. The van der Waals surface area contributed by atoms with Gasteiger partial charge in [0.15, 0.2) is 0 Å². The first kappa shape index (κ1) is 19.0. The summed E-state index contributed by atoms with van der Waals surface area (Å²) in [6.07, 6.45) is 0. The fourth-order valence-electron chi connectivity index (χ4n) is 2.35. The van der Waals surface area contributed by atoms with E-state index in [-0.39, 0.29) is 17.3 Å². The number of anilines is 2. The van der Waals surface area contributed by atoms with Gasteiger partial charge in [-0.15, -0.1) is 5.10 Å². The first-order chi connectivity index (χ1) is 12.7. The zero-order valence-corrected chi connectivity index (χ0v) is 16.5. The van der Waals surface area contributed by atoms with Gasteiger partial charge < -0.3 is 11.1 Å². The molecule has 3 aromatic rings. The standard InChI is InChI=1S/C18H23N7OS/c1-11(27-17-21-16(19)22-23-17)15(26)20-14-10-13(18(2,3)4)24-25(14)12-8-6-5-7-9-12/h5-11H,1-4H3,(H,20,26)(H3,19,21,22,23). The van der Waals surface area contributed by atoms with Crippen LogP contribution in [0.15, 0.2) is 41.6 Å². The summed E-state index contributed by atoms with van der Waals surface area (Å²) in [5.74, 6) is 0.682.